The molecular weight excluding hydrogens is 279 g/mol. The maximum atomic E-state index is 12.8. The molecule has 1 aromatic rings. The number of rotatable bonds is 4. The number of carbonyl (C=O) groups excluding carboxylic acids is 2. The van der Waals surface area contributed by atoms with Crippen LogP contribution >= 0.6 is 11.8 Å². The standard InChI is InChI=1S/C14H17FN2O2S/c1-2-12-14(19)16-7-8-17(12)13(18)9-20-11-5-3-10(15)4-6-11/h3-6,12H,2,7-9H2,1H3,(H,16,19). The van der Waals surface area contributed by atoms with Crippen molar-refractivity contribution in [1.82, 2.24) is 10.2 Å². The molecule has 6 heteroatoms. The summed E-state index contributed by atoms with van der Waals surface area (Å²) in [6.07, 6.45) is 0.610. The van der Waals surface area contributed by atoms with Gasteiger partial charge in [0.05, 0.1) is 5.75 Å². The molecule has 0 saturated carbocycles. The number of nitrogens with zero attached hydrogens (tertiary/aromatic N) is 1. The Morgan fingerprint density at radius 3 is 2.80 bits per heavy atom. The van der Waals surface area contributed by atoms with Crippen molar-refractivity contribution in [2.24, 2.45) is 0 Å². The summed E-state index contributed by atoms with van der Waals surface area (Å²) in [5.74, 6) is -0.172. The number of carbonyl (C=O) groups is 2. The molecule has 1 aliphatic heterocycles. The summed E-state index contributed by atoms with van der Waals surface area (Å²) in [5, 5.41) is 2.77. The van der Waals surface area contributed by atoms with Crippen molar-refractivity contribution in [3.8, 4) is 0 Å². The van der Waals surface area contributed by atoms with Gasteiger partial charge in [-0.2, -0.15) is 0 Å². The fraction of sp³-hybridized carbons (Fsp3) is 0.429. The minimum absolute atomic E-state index is 0.0546. The van der Waals surface area contributed by atoms with Gasteiger partial charge in [0, 0.05) is 18.0 Å². The molecular formula is C14H17FN2O2S. The quantitative estimate of drug-likeness (QED) is 0.860. The number of thioether (sulfide) groups is 1. The van der Waals surface area contributed by atoms with Gasteiger partial charge in [-0.05, 0) is 30.7 Å². The molecule has 1 N–H and O–H groups in total. The number of nitrogens with one attached hydrogen (secondary N) is 1. The van der Waals surface area contributed by atoms with Crippen LogP contribution in [0.3, 0.4) is 0 Å². The second kappa shape index (κ2) is 6.74. The predicted octanol–water partition coefficient (Wildman–Crippen LogP) is 1.65. The lowest BCUT2D eigenvalue weighted by molar-refractivity contribution is -0.141. The van der Waals surface area contributed by atoms with E-state index in [9.17, 15) is 14.0 Å². The van der Waals surface area contributed by atoms with Crippen molar-refractivity contribution in [2.75, 3.05) is 18.8 Å². The minimum atomic E-state index is -0.370. The van der Waals surface area contributed by atoms with E-state index in [0.717, 1.165) is 4.90 Å². The lowest BCUT2D eigenvalue weighted by Gasteiger charge is -2.34. The van der Waals surface area contributed by atoms with Crippen LogP contribution in [0, 0.1) is 5.82 Å². The van der Waals surface area contributed by atoms with Gasteiger partial charge in [-0.3, -0.25) is 9.59 Å². The molecule has 1 saturated heterocycles. The van der Waals surface area contributed by atoms with Crippen molar-refractivity contribution in [3.63, 3.8) is 0 Å². The van der Waals surface area contributed by atoms with Crippen LogP contribution in [-0.4, -0.2) is 41.6 Å². The minimum Gasteiger partial charge on any atom is -0.353 e. The Morgan fingerprint density at radius 1 is 1.45 bits per heavy atom. The first-order chi connectivity index (χ1) is 9.61. The Bertz CT molecular complexity index is 492. The molecule has 2 amide bonds. The Morgan fingerprint density at radius 2 is 2.15 bits per heavy atom. The van der Waals surface area contributed by atoms with Gasteiger partial charge in [-0.15, -0.1) is 11.8 Å². The number of halogens is 1. The molecule has 0 aromatic heterocycles. The average molecular weight is 296 g/mol. The fourth-order valence-electron chi connectivity index (χ4n) is 2.18. The lowest BCUT2D eigenvalue weighted by atomic mass is 10.1. The molecule has 0 spiro atoms. The highest BCUT2D eigenvalue weighted by atomic mass is 32.2. The lowest BCUT2D eigenvalue weighted by Crippen LogP contribution is -2.57. The summed E-state index contributed by atoms with van der Waals surface area (Å²) in [7, 11) is 0. The monoisotopic (exact) mass is 296 g/mol. The van der Waals surface area contributed by atoms with Gasteiger partial charge in [0.1, 0.15) is 11.9 Å². The van der Waals surface area contributed by atoms with Gasteiger partial charge in [0.25, 0.3) is 0 Å². The van der Waals surface area contributed by atoms with Crippen LogP contribution in [0.15, 0.2) is 29.2 Å². The average Bonchev–Trinajstić information content (AvgIpc) is 2.46. The normalized spacial score (nSPS) is 18.8. The molecule has 20 heavy (non-hydrogen) atoms. The molecule has 108 valence electrons. The van der Waals surface area contributed by atoms with Crippen LogP contribution < -0.4 is 5.32 Å². The Labute approximate surface area is 121 Å². The predicted molar refractivity (Wildman–Crippen MR) is 75.9 cm³/mol. The number of hydrogen-bond donors (Lipinski definition) is 1. The molecule has 2 rings (SSSR count). The molecule has 1 atom stereocenters. The molecule has 1 heterocycles. The zero-order valence-corrected chi connectivity index (χ0v) is 12.1. The molecule has 1 aliphatic rings. The summed E-state index contributed by atoms with van der Waals surface area (Å²) in [6.45, 7) is 2.94. The molecule has 1 unspecified atom stereocenters. The molecule has 0 bridgehead atoms. The second-order valence-corrected chi connectivity index (χ2v) is 5.59. The molecule has 1 fully saturated rings. The highest BCUT2D eigenvalue weighted by molar-refractivity contribution is 8.00. The Balaban J connectivity index is 1.93. The number of hydrogen-bond acceptors (Lipinski definition) is 3. The summed E-state index contributed by atoms with van der Waals surface area (Å²) in [4.78, 5) is 26.4. The zero-order valence-electron chi connectivity index (χ0n) is 11.3. The van der Waals surface area contributed by atoms with Crippen molar-refractivity contribution < 1.29 is 14.0 Å². The molecule has 1 aromatic carbocycles. The number of piperazine rings is 1. The third-order valence-corrected chi connectivity index (χ3v) is 4.21. The van der Waals surface area contributed by atoms with Crippen molar-refractivity contribution in [2.45, 2.75) is 24.3 Å². The summed E-state index contributed by atoms with van der Waals surface area (Å²) in [6, 6.07) is 5.66. The van der Waals surface area contributed by atoms with Crippen molar-refractivity contribution >= 4 is 23.6 Å². The van der Waals surface area contributed by atoms with Crippen LogP contribution in [0.5, 0.6) is 0 Å². The maximum absolute atomic E-state index is 12.8. The van der Waals surface area contributed by atoms with E-state index in [-0.39, 0.29) is 29.4 Å². The van der Waals surface area contributed by atoms with E-state index in [4.69, 9.17) is 0 Å². The van der Waals surface area contributed by atoms with Crippen molar-refractivity contribution in [3.05, 3.63) is 30.1 Å². The smallest absolute Gasteiger partial charge is 0.242 e. The Kier molecular flexibility index (Phi) is 5.00. The first-order valence-electron chi connectivity index (χ1n) is 6.57. The van der Waals surface area contributed by atoms with E-state index in [2.05, 4.69) is 5.32 Å². The van der Waals surface area contributed by atoms with E-state index in [1.807, 2.05) is 6.92 Å². The highest BCUT2D eigenvalue weighted by Crippen LogP contribution is 2.20. The van der Waals surface area contributed by atoms with Gasteiger partial charge in [-0.25, -0.2) is 4.39 Å². The first kappa shape index (κ1) is 14.8. The van der Waals surface area contributed by atoms with E-state index in [0.29, 0.717) is 19.5 Å². The van der Waals surface area contributed by atoms with Gasteiger partial charge < -0.3 is 10.2 Å². The molecule has 4 nitrogen and oxygen atoms in total. The third-order valence-electron chi connectivity index (χ3n) is 3.21. The highest BCUT2D eigenvalue weighted by Gasteiger charge is 2.31. The van der Waals surface area contributed by atoms with Crippen molar-refractivity contribution in [1.29, 1.82) is 0 Å². The summed E-state index contributed by atoms with van der Waals surface area (Å²) in [5.41, 5.74) is 0. The Hall–Kier alpha value is -1.56. The summed E-state index contributed by atoms with van der Waals surface area (Å²) >= 11 is 1.36. The third kappa shape index (κ3) is 3.50. The second-order valence-electron chi connectivity index (χ2n) is 4.54. The van der Waals surface area contributed by atoms with Crippen LogP contribution in [0.4, 0.5) is 4.39 Å². The largest absolute Gasteiger partial charge is 0.353 e. The van der Waals surface area contributed by atoms with Crippen LogP contribution in [0.2, 0.25) is 0 Å². The van der Waals surface area contributed by atoms with Crippen LogP contribution in [-0.2, 0) is 9.59 Å². The topological polar surface area (TPSA) is 49.4 Å². The molecule has 0 aliphatic carbocycles. The van der Waals surface area contributed by atoms with Crippen LogP contribution in [0.1, 0.15) is 13.3 Å². The van der Waals surface area contributed by atoms with Gasteiger partial charge in [0.15, 0.2) is 0 Å². The van der Waals surface area contributed by atoms with Gasteiger partial charge in [0.2, 0.25) is 11.8 Å². The van der Waals surface area contributed by atoms with Crippen LogP contribution in [0.25, 0.3) is 0 Å². The zero-order chi connectivity index (χ0) is 14.5. The van der Waals surface area contributed by atoms with E-state index in [1.165, 1.54) is 23.9 Å². The number of benzene rings is 1. The molecule has 0 radical (unpaired) electrons. The van der Waals surface area contributed by atoms with E-state index in [1.54, 1.807) is 17.0 Å². The fourth-order valence-corrected chi connectivity index (χ4v) is 2.96. The van der Waals surface area contributed by atoms with Gasteiger partial charge >= 0.3 is 0 Å². The first-order valence-corrected chi connectivity index (χ1v) is 7.56. The van der Waals surface area contributed by atoms with E-state index < -0.39 is 0 Å². The SMILES string of the molecule is CCC1C(=O)NCCN1C(=O)CSc1ccc(F)cc1. The van der Waals surface area contributed by atoms with E-state index >= 15 is 0 Å². The summed E-state index contributed by atoms with van der Waals surface area (Å²) < 4.78 is 12.8. The van der Waals surface area contributed by atoms with Gasteiger partial charge in [-0.1, -0.05) is 6.92 Å². The number of amides is 2. The maximum Gasteiger partial charge on any atom is 0.242 e.